The van der Waals surface area contributed by atoms with E-state index in [4.69, 9.17) is 0 Å². The van der Waals surface area contributed by atoms with E-state index in [0.717, 1.165) is 32.4 Å². The molecule has 3 aliphatic rings. The van der Waals surface area contributed by atoms with Crippen LogP contribution in [-0.2, 0) is 10.2 Å². The van der Waals surface area contributed by atoms with Gasteiger partial charge in [-0.05, 0) is 93.7 Å². The maximum absolute atomic E-state index is 12.8. The van der Waals surface area contributed by atoms with E-state index in [1.54, 1.807) is 5.56 Å². The van der Waals surface area contributed by atoms with Gasteiger partial charge in [0.25, 0.3) is 0 Å². The first-order valence-corrected chi connectivity index (χ1v) is 12.0. The monoisotopic (exact) mass is 396 g/mol. The molecule has 4 rings (SSSR count). The number of amides is 1. The van der Waals surface area contributed by atoms with Crippen LogP contribution in [0.4, 0.5) is 0 Å². The third kappa shape index (κ3) is 4.55. The van der Waals surface area contributed by atoms with Gasteiger partial charge in [-0.25, -0.2) is 0 Å². The van der Waals surface area contributed by atoms with Crippen molar-refractivity contribution in [3.63, 3.8) is 0 Å². The van der Waals surface area contributed by atoms with Crippen molar-refractivity contribution in [3.8, 4) is 0 Å². The highest BCUT2D eigenvalue weighted by Crippen LogP contribution is 2.60. The number of carbonyl (C=O) groups excluding carboxylic acids is 1. The number of benzene rings is 1. The normalized spacial score (nSPS) is 33.8. The number of hydrogen-bond acceptors (Lipinski definition) is 2. The first kappa shape index (κ1) is 20.9. The van der Waals surface area contributed by atoms with Crippen molar-refractivity contribution in [2.24, 2.45) is 11.3 Å². The molecule has 160 valence electrons. The molecule has 1 aromatic carbocycles. The van der Waals surface area contributed by atoms with Crippen molar-refractivity contribution in [3.05, 3.63) is 35.9 Å². The Morgan fingerprint density at radius 3 is 2.59 bits per heavy atom. The number of fused-ring (bicyclic) bond motifs is 2. The molecule has 3 unspecified atom stereocenters. The first-order chi connectivity index (χ1) is 14.0. The second kappa shape index (κ2) is 8.41. The molecule has 1 amide bonds. The predicted molar refractivity (Wildman–Crippen MR) is 120 cm³/mol. The van der Waals surface area contributed by atoms with E-state index in [0.29, 0.717) is 23.2 Å². The molecule has 1 aliphatic heterocycles. The maximum atomic E-state index is 12.8. The largest absolute Gasteiger partial charge is 0.351 e. The third-order valence-corrected chi connectivity index (χ3v) is 8.54. The highest BCUT2D eigenvalue weighted by Gasteiger charge is 2.50. The van der Waals surface area contributed by atoms with Crippen LogP contribution in [0.3, 0.4) is 0 Å². The minimum absolute atomic E-state index is 0.0126. The van der Waals surface area contributed by atoms with E-state index in [-0.39, 0.29) is 11.4 Å². The van der Waals surface area contributed by atoms with Crippen LogP contribution in [0.5, 0.6) is 0 Å². The van der Waals surface area contributed by atoms with Gasteiger partial charge in [0.05, 0.1) is 0 Å². The quantitative estimate of drug-likeness (QED) is 0.681. The van der Waals surface area contributed by atoms with Crippen LogP contribution < -0.4 is 10.6 Å². The fourth-order valence-corrected chi connectivity index (χ4v) is 6.93. The van der Waals surface area contributed by atoms with Gasteiger partial charge in [0.15, 0.2) is 0 Å². The zero-order chi connectivity index (χ0) is 20.4. The molecule has 29 heavy (non-hydrogen) atoms. The Labute approximate surface area is 177 Å². The number of rotatable bonds is 6. The van der Waals surface area contributed by atoms with Gasteiger partial charge < -0.3 is 10.6 Å². The van der Waals surface area contributed by atoms with Gasteiger partial charge in [-0.15, -0.1) is 0 Å². The van der Waals surface area contributed by atoms with Gasteiger partial charge >= 0.3 is 0 Å². The Balaban J connectivity index is 1.43. The highest BCUT2D eigenvalue weighted by molar-refractivity contribution is 5.76. The lowest BCUT2D eigenvalue weighted by Crippen LogP contribution is -2.52. The number of nitrogens with one attached hydrogen (secondary N) is 2. The molecule has 1 heterocycles. The third-order valence-electron chi connectivity index (χ3n) is 8.54. The van der Waals surface area contributed by atoms with Crippen molar-refractivity contribution in [1.29, 1.82) is 0 Å². The lowest BCUT2D eigenvalue weighted by molar-refractivity contribution is -0.123. The van der Waals surface area contributed by atoms with Gasteiger partial charge in [0.1, 0.15) is 0 Å². The molecular formula is C26H40N2O. The van der Waals surface area contributed by atoms with E-state index in [1.807, 2.05) is 0 Å². The molecule has 2 saturated carbocycles. The van der Waals surface area contributed by atoms with Crippen molar-refractivity contribution in [2.75, 3.05) is 13.1 Å². The summed E-state index contributed by atoms with van der Waals surface area (Å²) in [6.07, 6.45) is 13.1. The Morgan fingerprint density at radius 2 is 1.86 bits per heavy atom. The van der Waals surface area contributed by atoms with Crippen molar-refractivity contribution < 1.29 is 4.79 Å². The minimum Gasteiger partial charge on any atom is -0.351 e. The average molecular weight is 397 g/mol. The minimum atomic E-state index is -0.0126. The molecule has 0 radical (unpaired) electrons. The molecular weight excluding hydrogens is 356 g/mol. The van der Waals surface area contributed by atoms with Crippen molar-refractivity contribution >= 4 is 5.91 Å². The molecule has 1 saturated heterocycles. The van der Waals surface area contributed by atoms with Crippen LogP contribution in [0, 0.1) is 11.3 Å². The number of hydrogen-bond donors (Lipinski definition) is 2. The molecule has 3 atom stereocenters. The zero-order valence-electron chi connectivity index (χ0n) is 18.6. The summed E-state index contributed by atoms with van der Waals surface area (Å²) in [6, 6.07) is 11.3. The van der Waals surface area contributed by atoms with Crippen LogP contribution >= 0.6 is 0 Å². The number of piperidine rings is 1. The van der Waals surface area contributed by atoms with Gasteiger partial charge in [0, 0.05) is 12.0 Å². The summed E-state index contributed by atoms with van der Waals surface area (Å²) >= 11 is 0. The average Bonchev–Trinajstić information content (AvgIpc) is 2.73. The Morgan fingerprint density at radius 1 is 1.10 bits per heavy atom. The summed E-state index contributed by atoms with van der Waals surface area (Å²) in [5.74, 6) is 0.945. The predicted octanol–water partition coefficient (Wildman–Crippen LogP) is 5.34. The van der Waals surface area contributed by atoms with Gasteiger partial charge in [0.2, 0.25) is 5.91 Å². The summed E-state index contributed by atoms with van der Waals surface area (Å²) < 4.78 is 0. The fraction of sp³-hybridized carbons (Fsp3) is 0.731. The van der Waals surface area contributed by atoms with E-state index in [2.05, 4.69) is 54.8 Å². The summed E-state index contributed by atoms with van der Waals surface area (Å²) in [7, 11) is 0. The first-order valence-electron chi connectivity index (χ1n) is 12.0. The topological polar surface area (TPSA) is 41.1 Å². The van der Waals surface area contributed by atoms with Crippen LogP contribution in [0.15, 0.2) is 30.3 Å². The number of carbonyl (C=O) groups is 1. The maximum Gasteiger partial charge on any atom is 0.220 e. The van der Waals surface area contributed by atoms with Crippen LogP contribution in [0.2, 0.25) is 0 Å². The molecule has 1 aromatic rings. The molecule has 3 nitrogen and oxygen atoms in total. The van der Waals surface area contributed by atoms with E-state index in [9.17, 15) is 4.79 Å². The Hall–Kier alpha value is -1.35. The molecule has 3 heteroatoms. The summed E-state index contributed by atoms with van der Waals surface area (Å²) in [5, 5.41) is 6.77. The SMILES string of the molecule is CCC12CCCC(c3ccccc3)(CC(CCC(=O)NC3(C)CCNCC3)C1)C2. The Bertz CT molecular complexity index is 696. The Kier molecular flexibility index (Phi) is 6.06. The van der Waals surface area contributed by atoms with Gasteiger partial charge in [-0.1, -0.05) is 50.1 Å². The summed E-state index contributed by atoms with van der Waals surface area (Å²) in [5.41, 5.74) is 2.38. The van der Waals surface area contributed by atoms with E-state index >= 15 is 0 Å². The molecule has 2 bridgehead atoms. The van der Waals surface area contributed by atoms with Gasteiger partial charge in [-0.2, -0.15) is 0 Å². The zero-order valence-corrected chi connectivity index (χ0v) is 18.6. The highest BCUT2D eigenvalue weighted by atomic mass is 16.1. The summed E-state index contributed by atoms with van der Waals surface area (Å²) in [4.78, 5) is 12.8. The summed E-state index contributed by atoms with van der Waals surface area (Å²) in [6.45, 7) is 6.64. The fourth-order valence-electron chi connectivity index (χ4n) is 6.93. The van der Waals surface area contributed by atoms with E-state index in [1.165, 1.54) is 44.9 Å². The van der Waals surface area contributed by atoms with Crippen LogP contribution in [-0.4, -0.2) is 24.5 Å². The van der Waals surface area contributed by atoms with Gasteiger partial charge in [-0.3, -0.25) is 4.79 Å². The lowest BCUT2D eigenvalue weighted by atomic mass is 9.49. The van der Waals surface area contributed by atoms with Crippen molar-refractivity contribution in [2.45, 2.75) is 95.4 Å². The van der Waals surface area contributed by atoms with Crippen LogP contribution in [0.1, 0.15) is 90.0 Å². The molecule has 2 aliphatic carbocycles. The molecule has 2 N–H and O–H groups in total. The standard InChI is InChI=1S/C26H40N2O/c1-3-25-12-7-13-26(20-25,22-8-5-4-6-9-22)19-21(18-25)10-11-23(29)28-24(2)14-16-27-17-15-24/h4-6,8-9,21,27H,3,7,10-20H2,1-2H3,(H,28,29). The van der Waals surface area contributed by atoms with Crippen molar-refractivity contribution in [1.82, 2.24) is 10.6 Å². The smallest absolute Gasteiger partial charge is 0.220 e. The second-order valence-electron chi connectivity index (χ2n) is 10.7. The molecule has 0 aromatic heterocycles. The lowest BCUT2D eigenvalue weighted by Gasteiger charge is -2.55. The molecule has 0 spiro atoms. The van der Waals surface area contributed by atoms with Crippen LogP contribution in [0.25, 0.3) is 0 Å². The van der Waals surface area contributed by atoms with E-state index < -0.39 is 0 Å². The molecule has 3 fully saturated rings. The second-order valence-corrected chi connectivity index (χ2v) is 10.7.